The van der Waals surface area contributed by atoms with Crippen molar-refractivity contribution in [2.75, 3.05) is 25.6 Å². The first kappa shape index (κ1) is 15.5. The lowest BCUT2D eigenvalue weighted by Crippen LogP contribution is -2.39. The molecule has 18 heavy (non-hydrogen) atoms. The molecule has 2 N–H and O–H groups in total. The molecule has 0 saturated heterocycles. The summed E-state index contributed by atoms with van der Waals surface area (Å²) in [5.74, 6) is 1.14. The predicted molar refractivity (Wildman–Crippen MR) is 80.0 cm³/mol. The van der Waals surface area contributed by atoms with E-state index in [0.29, 0.717) is 12.6 Å². The first-order valence-electron chi connectivity index (χ1n) is 6.46. The number of hydrogen-bond acceptors (Lipinski definition) is 4. The second-order valence-electron chi connectivity index (χ2n) is 4.78. The van der Waals surface area contributed by atoms with Gasteiger partial charge in [-0.3, -0.25) is 9.58 Å². The van der Waals surface area contributed by atoms with Crippen molar-refractivity contribution in [1.29, 1.82) is 0 Å². The zero-order valence-corrected chi connectivity index (χ0v) is 13.0. The molecule has 1 aromatic heterocycles. The first-order chi connectivity index (χ1) is 8.54. The molecule has 2 unspecified atom stereocenters. The minimum Gasteiger partial charge on any atom is -0.329 e. The third-order valence-electron chi connectivity index (χ3n) is 3.53. The maximum atomic E-state index is 5.99. The molecular formula is C13H26N4S. The van der Waals surface area contributed by atoms with Crippen LogP contribution in [-0.4, -0.2) is 46.3 Å². The van der Waals surface area contributed by atoms with Crippen molar-refractivity contribution in [2.24, 2.45) is 12.8 Å². The van der Waals surface area contributed by atoms with E-state index in [1.54, 1.807) is 0 Å². The SMILES string of the molecule is CCC(CSC)N(C)C(CN)c1cn(C)nc1C. The van der Waals surface area contributed by atoms with Crippen molar-refractivity contribution in [3.8, 4) is 0 Å². The molecule has 0 aliphatic rings. The highest BCUT2D eigenvalue weighted by atomic mass is 32.2. The van der Waals surface area contributed by atoms with Crippen molar-refractivity contribution < 1.29 is 0 Å². The Labute approximate surface area is 115 Å². The number of aryl methyl sites for hydroxylation is 2. The Hall–Kier alpha value is -0.520. The van der Waals surface area contributed by atoms with Gasteiger partial charge in [0, 0.05) is 37.1 Å². The number of hydrogen-bond donors (Lipinski definition) is 1. The van der Waals surface area contributed by atoms with Crippen molar-refractivity contribution >= 4 is 11.8 Å². The highest BCUT2D eigenvalue weighted by Crippen LogP contribution is 2.24. The predicted octanol–water partition coefficient (Wildman–Crippen LogP) is 1.80. The normalized spacial score (nSPS) is 15.1. The van der Waals surface area contributed by atoms with E-state index in [4.69, 9.17) is 5.73 Å². The van der Waals surface area contributed by atoms with Crippen LogP contribution in [0.25, 0.3) is 0 Å². The van der Waals surface area contributed by atoms with E-state index in [0.717, 1.165) is 17.9 Å². The van der Waals surface area contributed by atoms with E-state index in [1.807, 2.05) is 23.5 Å². The smallest absolute Gasteiger partial charge is 0.0641 e. The van der Waals surface area contributed by atoms with Crippen LogP contribution in [0.4, 0.5) is 0 Å². The molecule has 5 heteroatoms. The fourth-order valence-corrected chi connectivity index (χ4v) is 3.28. The van der Waals surface area contributed by atoms with Crippen LogP contribution in [0.5, 0.6) is 0 Å². The molecule has 4 nitrogen and oxygen atoms in total. The highest BCUT2D eigenvalue weighted by molar-refractivity contribution is 7.98. The summed E-state index contributed by atoms with van der Waals surface area (Å²) in [5.41, 5.74) is 8.32. The average Bonchev–Trinajstić information content (AvgIpc) is 2.66. The summed E-state index contributed by atoms with van der Waals surface area (Å²) in [6.45, 7) is 4.93. The minimum atomic E-state index is 0.260. The maximum Gasteiger partial charge on any atom is 0.0641 e. The van der Waals surface area contributed by atoms with Gasteiger partial charge in [-0.1, -0.05) is 6.92 Å². The monoisotopic (exact) mass is 270 g/mol. The van der Waals surface area contributed by atoms with E-state index in [9.17, 15) is 0 Å². The molecule has 2 atom stereocenters. The van der Waals surface area contributed by atoms with Gasteiger partial charge < -0.3 is 5.73 Å². The van der Waals surface area contributed by atoms with Crippen LogP contribution in [0.2, 0.25) is 0 Å². The quantitative estimate of drug-likeness (QED) is 0.821. The fourth-order valence-electron chi connectivity index (χ4n) is 2.43. The van der Waals surface area contributed by atoms with E-state index >= 15 is 0 Å². The van der Waals surface area contributed by atoms with Gasteiger partial charge in [-0.25, -0.2) is 0 Å². The lowest BCUT2D eigenvalue weighted by Gasteiger charge is -2.33. The number of aromatic nitrogens is 2. The van der Waals surface area contributed by atoms with E-state index in [2.05, 4.69) is 43.3 Å². The molecule has 0 radical (unpaired) electrons. The third-order valence-corrected chi connectivity index (χ3v) is 4.25. The molecular weight excluding hydrogens is 244 g/mol. The number of likely N-dealkylation sites (N-methyl/N-ethyl adjacent to an activating group) is 1. The maximum absolute atomic E-state index is 5.99. The van der Waals surface area contributed by atoms with Crippen LogP contribution in [0.1, 0.15) is 30.6 Å². The Morgan fingerprint density at radius 1 is 1.56 bits per heavy atom. The van der Waals surface area contributed by atoms with Gasteiger partial charge in [-0.05, 0) is 26.6 Å². The first-order valence-corrected chi connectivity index (χ1v) is 7.85. The molecule has 104 valence electrons. The van der Waals surface area contributed by atoms with Crippen LogP contribution >= 0.6 is 11.8 Å². The van der Waals surface area contributed by atoms with Gasteiger partial charge in [-0.2, -0.15) is 16.9 Å². The van der Waals surface area contributed by atoms with E-state index in [1.165, 1.54) is 5.56 Å². The van der Waals surface area contributed by atoms with Gasteiger partial charge in [0.1, 0.15) is 0 Å². The lowest BCUT2D eigenvalue weighted by molar-refractivity contribution is 0.187. The second-order valence-corrected chi connectivity index (χ2v) is 5.69. The molecule has 0 saturated carbocycles. The fraction of sp³-hybridized carbons (Fsp3) is 0.769. The number of nitrogens with zero attached hydrogens (tertiary/aromatic N) is 3. The van der Waals surface area contributed by atoms with E-state index < -0.39 is 0 Å². The Bertz CT molecular complexity index is 364. The van der Waals surface area contributed by atoms with Gasteiger partial charge >= 0.3 is 0 Å². The molecule has 1 rings (SSSR count). The van der Waals surface area contributed by atoms with Crippen LogP contribution in [-0.2, 0) is 7.05 Å². The molecule has 0 amide bonds. The Morgan fingerprint density at radius 2 is 2.22 bits per heavy atom. The molecule has 1 heterocycles. The standard InChI is InChI=1S/C13H26N4S/c1-6-11(9-18-5)17(4)13(7-14)12-8-16(3)15-10(12)2/h8,11,13H,6-7,9,14H2,1-5H3. The molecule has 0 aliphatic carbocycles. The van der Waals surface area contributed by atoms with Gasteiger partial charge in [0.15, 0.2) is 0 Å². The number of nitrogens with two attached hydrogens (primary N) is 1. The summed E-state index contributed by atoms with van der Waals surface area (Å²) >= 11 is 1.89. The molecule has 0 spiro atoms. The van der Waals surface area contributed by atoms with Gasteiger partial charge in [0.25, 0.3) is 0 Å². The second kappa shape index (κ2) is 7.16. The zero-order valence-electron chi connectivity index (χ0n) is 12.2. The van der Waals surface area contributed by atoms with Crippen LogP contribution in [0, 0.1) is 6.92 Å². The summed E-state index contributed by atoms with van der Waals surface area (Å²) in [6.07, 6.45) is 5.39. The number of rotatable bonds is 7. The zero-order chi connectivity index (χ0) is 13.7. The number of thioether (sulfide) groups is 1. The van der Waals surface area contributed by atoms with Crippen molar-refractivity contribution in [3.63, 3.8) is 0 Å². The van der Waals surface area contributed by atoms with Gasteiger partial charge in [0.05, 0.1) is 11.7 Å². The summed E-state index contributed by atoms with van der Waals surface area (Å²) in [4.78, 5) is 2.40. The van der Waals surface area contributed by atoms with Crippen LogP contribution < -0.4 is 5.73 Å². The minimum absolute atomic E-state index is 0.260. The lowest BCUT2D eigenvalue weighted by atomic mass is 10.0. The Kier molecular flexibility index (Phi) is 6.18. The van der Waals surface area contributed by atoms with Crippen molar-refractivity contribution in [2.45, 2.75) is 32.4 Å². The molecule has 1 aromatic rings. The van der Waals surface area contributed by atoms with Crippen LogP contribution in [0.15, 0.2) is 6.20 Å². The van der Waals surface area contributed by atoms with E-state index in [-0.39, 0.29) is 6.04 Å². The highest BCUT2D eigenvalue weighted by Gasteiger charge is 2.24. The Morgan fingerprint density at radius 3 is 2.61 bits per heavy atom. The molecule has 0 aromatic carbocycles. The molecule has 0 aliphatic heterocycles. The summed E-state index contributed by atoms with van der Waals surface area (Å²) < 4.78 is 1.87. The largest absolute Gasteiger partial charge is 0.329 e. The van der Waals surface area contributed by atoms with Crippen molar-refractivity contribution in [1.82, 2.24) is 14.7 Å². The topological polar surface area (TPSA) is 47.1 Å². The molecule has 0 bridgehead atoms. The summed E-state index contributed by atoms with van der Waals surface area (Å²) in [7, 11) is 4.14. The molecule has 0 fully saturated rings. The van der Waals surface area contributed by atoms with Gasteiger partial charge in [0.2, 0.25) is 0 Å². The third kappa shape index (κ3) is 3.49. The summed E-state index contributed by atoms with van der Waals surface area (Å²) in [6, 6.07) is 0.823. The van der Waals surface area contributed by atoms with Crippen LogP contribution in [0.3, 0.4) is 0 Å². The average molecular weight is 270 g/mol. The summed E-state index contributed by atoms with van der Waals surface area (Å²) in [5, 5.41) is 4.42. The Balaban J connectivity index is 2.91. The van der Waals surface area contributed by atoms with Gasteiger partial charge in [-0.15, -0.1) is 0 Å². The van der Waals surface area contributed by atoms with Crippen molar-refractivity contribution in [3.05, 3.63) is 17.5 Å².